The van der Waals surface area contributed by atoms with Crippen molar-refractivity contribution in [2.75, 3.05) is 33.3 Å². The third-order valence-corrected chi connectivity index (χ3v) is 13.5. The Morgan fingerprint density at radius 2 is 1.87 bits per heavy atom. The molecule has 2 fully saturated rings. The SMILES string of the molecule is C/C=C(\C#N)C(=O)N1CC[C@H](C(=O)N(C)[C@H](C(=O)N[C@H]2Cc3cc(O)cc(c3)-c3ccc4c(c3)c(c(-c3cccnc3CC)n4CC)CC(C)(C)COC(=O)[C@@H]3CCCN(N3)C2=O)C(C)C)C1. The molecule has 0 aliphatic carbocycles. The smallest absolute Gasteiger partial charge is 0.324 e. The van der Waals surface area contributed by atoms with Crippen molar-refractivity contribution in [2.45, 2.75) is 112 Å². The number of nitrogens with one attached hydrogen (secondary N) is 2. The number of rotatable bonds is 9. The number of carbonyl (C=O) groups excluding carboxylic acids is 5. The maximum absolute atomic E-state index is 14.7. The monoisotopic (exact) mass is 912 g/mol. The molecule has 354 valence electrons. The lowest BCUT2D eigenvalue weighted by molar-refractivity contribution is -0.155. The number of likely N-dealkylation sites (N-methyl/N-ethyl adjacent to an activating group) is 1. The minimum atomic E-state index is -1.18. The van der Waals surface area contributed by atoms with E-state index in [0.29, 0.717) is 44.3 Å². The van der Waals surface area contributed by atoms with Gasteiger partial charge >= 0.3 is 5.97 Å². The number of phenolic OH excluding ortho intramolecular Hbond substituents is 1. The molecular formula is C52H64N8O7. The van der Waals surface area contributed by atoms with E-state index in [0.717, 1.165) is 51.0 Å². The number of esters is 1. The fourth-order valence-electron chi connectivity index (χ4n) is 10.1. The summed E-state index contributed by atoms with van der Waals surface area (Å²) < 4.78 is 8.41. The standard InChI is InChI=1S/C52H64N8O7/c1-9-33(28-53)49(64)58-21-18-35(29-58)48(63)57(8)45(31(4)5)47(62)55-43-24-32-22-36(25-37(61)23-32)34-16-17-44-39(26-34)40(46(59(44)11-3)38-14-12-19-54-41(38)10-2)27-52(6,7)30-67-51(66)42-15-13-20-60(56-42)50(43)65/h9,12,14,16-17,19,22-23,25-26,31,35,42-43,45,56,61H,10-11,13,15,18,20-21,24,27,29-30H2,1-8H3,(H,55,62)/b33-9+/t35-,42-,43-,45-/m0/s1. The van der Waals surface area contributed by atoms with E-state index in [1.54, 1.807) is 26.1 Å². The zero-order valence-corrected chi connectivity index (χ0v) is 40.0. The number of hydrazine groups is 1. The number of benzene rings is 2. The highest BCUT2D eigenvalue weighted by Gasteiger charge is 2.41. The molecule has 4 atom stereocenters. The second kappa shape index (κ2) is 20.1. The van der Waals surface area contributed by atoms with Crippen molar-refractivity contribution in [1.82, 2.24) is 35.1 Å². The van der Waals surface area contributed by atoms with E-state index in [4.69, 9.17) is 9.72 Å². The molecule has 3 aliphatic rings. The van der Waals surface area contributed by atoms with Gasteiger partial charge in [0.2, 0.25) is 11.8 Å². The van der Waals surface area contributed by atoms with Crippen molar-refractivity contribution < 1.29 is 33.8 Å². The molecule has 0 radical (unpaired) electrons. The maximum atomic E-state index is 14.7. The molecule has 5 heterocycles. The summed E-state index contributed by atoms with van der Waals surface area (Å²) in [6, 6.07) is 14.5. The van der Waals surface area contributed by atoms with Crippen LogP contribution in [0.5, 0.6) is 5.75 Å². The van der Waals surface area contributed by atoms with E-state index < -0.39 is 53.1 Å². The number of cyclic esters (lactones) is 1. The molecule has 2 saturated heterocycles. The lowest BCUT2D eigenvalue weighted by Crippen LogP contribution is -2.62. The number of ether oxygens (including phenoxy) is 1. The van der Waals surface area contributed by atoms with Gasteiger partial charge in [0.25, 0.3) is 11.8 Å². The van der Waals surface area contributed by atoms with Crippen molar-refractivity contribution in [2.24, 2.45) is 17.3 Å². The molecule has 6 bridgehead atoms. The minimum Gasteiger partial charge on any atom is -0.508 e. The fourth-order valence-corrected chi connectivity index (χ4v) is 10.1. The predicted octanol–water partition coefficient (Wildman–Crippen LogP) is 6.11. The van der Waals surface area contributed by atoms with E-state index in [2.05, 4.69) is 61.2 Å². The van der Waals surface area contributed by atoms with Gasteiger partial charge in [0, 0.05) is 73.4 Å². The summed E-state index contributed by atoms with van der Waals surface area (Å²) in [6.45, 7) is 15.1. The van der Waals surface area contributed by atoms with Crippen LogP contribution in [0, 0.1) is 28.6 Å². The third kappa shape index (κ3) is 10.1. The maximum Gasteiger partial charge on any atom is 0.324 e. The highest BCUT2D eigenvalue weighted by atomic mass is 16.5. The summed E-state index contributed by atoms with van der Waals surface area (Å²) in [5.74, 6) is -3.27. The van der Waals surface area contributed by atoms with Gasteiger partial charge in [-0.3, -0.25) is 34.0 Å². The number of aromatic nitrogens is 2. The number of hydrogen-bond donors (Lipinski definition) is 3. The van der Waals surface area contributed by atoms with E-state index in [1.165, 1.54) is 20.9 Å². The number of aryl methyl sites for hydroxylation is 2. The van der Waals surface area contributed by atoms with Crippen molar-refractivity contribution in [1.29, 1.82) is 5.26 Å². The first-order chi connectivity index (χ1) is 32.0. The van der Waals surface area contributed by atoms with Crippen LogP contribution in [0.3, 0.4) is 0 Å². The quantitative estimate of drug-likeness (QED) is 0.100. The number of pyridine rings is 1. The number of fused-ring (bicyclic) bond motifs is 6. The zero-order chi connectivity index (χ0) is 48.3. The van der Waals surface area contributed by atoms with Gasteiger partial charge in [0.05, 0.1) is 18.2 Å². The normalized spacial score (nSPS) is 20.5. The van der Waals surface area contributed by atoms with Crippen LogP contribution in [0.2, 0.25) is 0 Å². The molecule has 15 nitrogen and oxygen atoms in total. The number of hydrogen-bond acceptors (Lipinski definition) is 10. The van der Waals surface area contributed by atoms with Crippen LogP contribution in [-0.2, 0) is 54.5 Å². The van der Waals surface area contributed by atoms with Gasteiger partial charge in [-0.1, -0.05) is 52.8 Å². The molecule has 2 aromatic carbocycles. The molecule has 0 spiro atoms. The van der Waals surface area contributed by atoms with Gasteiger partial charge in [-0.05, 0) is 111 Å². The second-order valence-corrected chi connectivity index (χ2v) is 19.3. The topological polar surface area (TPSA) is 190 Å². The molecule has 0 saturated carbocycles. The summed E-state index contributed by atoms with van der Waals surface area (Å²) in [5, 5.41) is 26.1. The number of nitriles is 1. The summed E-state index contributed by atoms with van der Waals surface area (Å²) in [4.78, 5) is 77.8. The number of aromatic hydroxyl groups is 1. The van der Waals surface area contributed by atoms with Gasteiger partial charge < -0.3 is 29.5 Å². The molecule has 2 aromatic heterocycles. The molecule has 7 rings (SSSR count). The third-order valence-electron chi connectivity index (χ3n) is 13.5. The zero-order valence-electron chi connectivity index (χ0n) is 40.0. The highest BCUT2D eigenvalue weighted by Crippen LogP contribution is 2.41. The van der Waals surface area contributed by atoms with E-state index in [1.807, 2.05) is 44.3 Å². The first-order valence-corrected chi connectivity index (χ1v) is 23.6. The Bertz CT molecular complexity index is 2640. The summed E-state index contributed by atoms with van der Waals surface area (Å²) >= 11 is 0. The number of phenols is 1. The average molecular weight is 913 g/mol. The van der Waals surface area contributed by atoms with Crippen LogP contribution in [0.4, 0.5) is 0 Å². The molecule has 3 N–H and O–H groups in total. The van der Waals surface area contributed by atoms with E-state index in [9.17, 15) is 34.3 Å². The molecule has 0 unspecified atom stereocenters. The van der Waals surface area contributed by atoms with Gasteiger partial charge in [-0.25, -0.2) is 5.43 Å². The Kier molecular flexibility index (Phi) is 14.6. The van der Waals surface area contributed by atoms with Crippen molar-refractivity contribution in [3.63, 3.8) is 0 Å². The number of amides is 4. The Labute approximate surface area is 393 Å². The van der Waals surface area contributed by atoms with Gasteiger partial charge in [-0.15, -0.1) is 0 Å². The van der Waals surface area contributed by atoms with Gasteiger partial charge in [0.1, 0.15) is 35.5 Å². The summed E-state index contributed by atoms with van der Waals surface area (Å²) in [7, 11) is 1.56. The Morgan fingerprint density at radius 1 is 1.09 bits per heavy atom. The van der Waals surface area contributed by atoms with Crippen LogP contribution in [0.25, 0.3) is 33.3 Å². The predicted molar refractivity (Wildman–Crippen MR) is 255 cm³/mol. The molecule has 67 heavy (non-hydrogen) atoms. The van der Waals surface area contributed by atoms with Gasteiger partial charge in [0.15, 0.2) is 0 Å². The van der Waals surface area contributed by atoms with Crippen molar-refractivity contribution in [3.8, 4) is 34.2 Å². The number of carbonyl (C=O) groups is 5. The molecule has 4 aromatic rings. The summed E-state index contributed by atoms with van der Waals surface area (Å²) in [6.07, 6.45) is 5.87. The number of allylic oxidation sites excluding steroid dienone is 1. The minimum absolute atomic E-state index is 0.00250. The Balaban J connectivity index is 1.27. The van der Waals surface area contributed by atoms with Crippen LogP contribution >= 0.6 is 0 Å². The van der Waals surface area contributed by atoms with Crippen LogP contribution < -0.4 is 10.7 Å². The van der Waals surface area contributed by atoms with Crippen molar-refractivity contribution in [3.05, 3.63) is 83.2 Å². The van der Waals surface area contributed by atoms with Crippen molar-refractivity contribution >= 4 is 40.5 Å². The van der Waals surface area contributed by atoms with E-state index >= 15 is 0 Å². The van der Waals surface area contributed by atoms with Crippen LogP contribution in [0.15, 0.2) is 66.4 Å². The summed E-state index contributed by atoms with van der Waals surface area (Å²) in [5.41, 5.74) is 9.97. The molecule has 3 aliphatic heterocycles. The Hall–Kier alpha value is -6.53. The highest BCUT2D eigenvalue weighted by molar-refractivity contribution is 5.98. The fraction of sp³-hybridized carbons (Fsp3) is 0.481. The lowest BCUT2D eigenvalue weighted by Gasteiger charge is -2.37. The number of likely N-dealkylation sites (tertiary alicyclic amines) is 1. The molecular weight excluding hydrogens is 849 g/mol. The lowest BCUT2D eigenvalue weighted by atomic mass is 9.84. The first-order valence-electron chi connectivity index (χ1n) is 23.6. The largest absolute Gasteiger partial charge is 0.508 e. The van der Waals surface area contributed by atoms with Crippen LogP contribution in [0.1, 0.15) is 84.5 Å². The van der Waals surface area contributed by atoms with E-state index in [-0.39, 0.29) is 49.3 Å². The first kappa shape index (κ1) is 48.4. The van der Waals surface area contributed by atoms with Gasteiger partial charge in [-0.2, -0.15) is 5.26 Å². The average Bonchev–Trinajstić information content (AvgIpc) is 3.92. The molecule has 15 heteroatoms. The Morgan fingerprint density at radius 3 is 2.57 bits per heavy atom. The number of nitrogens with zero attached hydrogens (tertiary/aromatic N) is 6. The second-order valence-electron chi connectivity index (χ2n) is 19.3. The molecule has 4 amide bonds. The van der Waals surface area contributed by atoms with Crippen LogP contribution in [-0.4, -0.2) is 110 Å².